The Balaban J connectivity index is 1.92. The summed E-state index contributed by atoms with van der Waals surface area (Å²) >= 11 is 0. The highest BCUT2D eigenvalue weighted by atomic mass is 15.3. The van der Waals surface area contributed by atoms with Crippen LogP contribution in [0.5, 0.6) is 0 Å². The third-order valence-electron chi connectivity index (χ3n) is 3.70. The molecule has 1 fully saturated rings. The molecule has 0 saturated carbocycles. The number of piperidine rings is 1. The Morgan fingerprint density at radius 1 is 1.47 bits per heavy atom. The van der Waals surface area contributed by atoms with E-state index in [9.17, 15) is 0 Å². The number of rotatable bonds is 3. The average Bonchev–Trinajstić information content (AvgIpc) is 2.72. The molecule has 2 rings (SSSR count). The summed E-state index contributed by atoms with van der Waals surface area (Å²) < 4.78 is 2.00. The molecular weight excluding hydrogens is 212 g/mol. The highest BCUT2D eigenvalue weighted by Crippen LogP contribution is 2.19. The summed E-state index contributed by atoms with van der Waals surface area (Å²) in [6, 6.07) is 3.73. The first-order valence-electron chi connectivity index (χ1n) is 6.58. The van der Waals surface area contributed by atoms with E-state index < -0.39 is 0 Å². The molecule has 2 heterocycles. The lowest BCUT2D eigenvalue weighted by Gasteiger charge is -2.35. The second-order valence-electron chi connectivity index (χ2n) is 5.47. The van der Waals surface area contributed by atoms with E-state index in [1.165, 1.54) is 19.4 Å². The largest absolute Gasteiger partial charge is 0.366 e. The molecule has 2 atom stereocenters. The summed E-state index contributed by atoms with van der Waals surface area (Å²) in [6.45, 7) is 7.76. The Labute approximate surface area is 104 Å². The van der Waals surface area contributed by atoms with Crippen LogP contribution in [0, 0.1) is 0 Å². The van der Waals surface area contributed by atoms with E-state index in [4.69, 9.17) is 0 Å². The quantitative estimate of drug-likeness (QED) is 0.874. The van der Waals surface area contributed by atoms with Crippen molar-refractivity contribution in [1.29, 1.82) is 0 Å². The lowest BCUT2D eigenvalue weighted by atomic mass is 9.99. The normalized spacial score (nSPS) is 26.4. The van der Waals surface area contributed by atoms with Crippen LogP contribution in [0.1, 0.15) is 39.7 Å². The monoisotopic (exact) mass is 236 g/mol. The first-order valence-corrected chi connectivity index (χ1v) is 6.58. The molecule has 1 aliphatic heterocycles. The topological polar surface area (TPSA) is 33.1 Å². The van der Waals surface area contributed by atoms with Gasteiger partial charge in [0.1, 0.15) is 5.82 Å². The van der Waals surface area contributed by atoms with Gasteiger partial charge >= 0.3 is 0 Å². The van der Waals surface area contributed by atoms with Gasteiger partial charge < -0.3 is 10.2 Å². The molecule has 0 aromatic carbocycles. The van der Waals surface area contributed by atoms with Crippen LogP contribution in [-0.4, -0.2) is 40.4 Å². The second-order valence-corrected chi connectivity index (χ2v) is 5.47. The third kappa shape index (κ3) is 3.00. The van der Waals surface area contributed by atoms with Gasteiger partial charge in [0.2, 0.25) is 0 Å². The highest BCUT2D eigenvalue weighted by molar-refractivity contribution is 5.33. The van der Waals surface area contributed by atoms with Gasteiger partial charge in [-0.1, -0.05) is 0 Å². The zero-order valence-corrected chi connectivity index (χ0v) is 11.3. The maximum atomic E-state index is 4.54. The summed E-state index contributed by atoms with van der Waals surface area (Å²) in [5, 5.41) is 8.09. The Kier molecular flexibility index (Phi) is 3.72. The Morgan fingerprint density at radius 2 is 2.24 bits per heavy atom. The molecule has 0 amide bonds. The van der Waals surface area contributed by atoms with E-state index in [1.807, 2.05) is 10.9 Å². The lowest BCUT2D eigenvalue weighted by molar-refractivity contribution is 0.190. The fourth-order valence-electron chi connectivity index (χ4n) is 2.33. The average molecular weight is 236 g/mol. The summed E-state index contributed by atoms with van der Waals surface area (Å²) in [5.74, 6) is 1.01. The fourth-order valence-corrected chi connectivity index (χ4v) is 2.33. The predicted molar refractivity (Wildman–Crippen MR) is 71.3 cm³/mol. The number of likely N-dealkylation sites (tertiary alicyclic amines) is 1. The van der Waals surface area contributed by atoms with Gasteiger partial charge in [0.05, 0.1) is 0 Å². The van der Waals surface area contributed by atoms with E-state index >= 15 is 0 Å². The lowest BCUT2D eigenvalue weighted by Crippen LogP contribution is -2.42. The van der Waals surface area contributed by atoms with Gasteiger partial charge in [-0.25, -0.2) is 0 Å². The highest BCUT2D eigenvalue weighted by Gasteiger charge is 2.22. The van der Waals surface area contributed by atoms with Gasteiger partial charge in [0, 0.05) is 36.9 Å². The van der Waals surface area contributed by atoms with E-state index in [0.29, 0.717) is 18.1 Å². The van der Waals surface area contributed by atoms with Crippen LogP contribution in [-0.2, 0) is 0 Å². The first kappa shape index (κ1) is 12.4. The predicted octanol–water partition coefficient (Wildman–Crippen LogP) is 2.36. The van der Waals surface area contributed by atoms with Gasteiger partial charge in [-0.3, -0.25) is 4.68 Å². The summed E-state index contributed by atoms with van der Waals surface area (Å²) in [5.41, 5.74) is 0. The maximum Gasteiger partial charge on any atom is 0.148 e. The number of aromatic nitrogens is 2. The Hall–Kier alpha value is -1.03. The molecule has 1 aliphatic rings. The second kappa shape index (κ2) is 5.08. The molecule has 0 aliphatic carbocycles. The van der Waals surface area contributed by atoms with Gasteiger partial charge in [-0.05, 0) is 40.7 Å². The minimum absolute atomic E-state index is 0.432. The van der Waals surface area contributed by atoms with Crippen molar-refractivity contribution in [3.63, 3.8) is 0 Å². The van der Waals surface area contributed by atoms with Crippen LogP contribution < -0.4 is 5.32 Å². The van der Waals surface area contributed by atoms with Crippen LogP contribution >= 0.6 is 0 Å². The van der Waals surface area contributed by atoms with Crippen molar-refractivity contribution in [2.45, 2.75) is 51.7 Å². The van der Waals surface area contributed by atoms with Gasteiger partial charge in [-0.2, -0.15) is 5.10 Å². The van der Waals surface area contributed by atoms with E-state index in [-0.39, 0.29) is 0 Å². The molecule has 0 bridgehead atoms. The summed E-state index contributed by atoms with van der Waals surface area (Å²) in [4.78, 5) is 2.42. The third-order valence-corrected chi connectivity index (χ3v) is 3.70. The molecule has 17 heavy (non-hydrogen) atoms. The number of nitrogens with one attached hydrogen (secondary N) is 1. The van der Waals surface area contributed by atoms with E-state index in [1.54, 1.807) is 0 Å². The van der Waals surface area contributed by atoms with Crippen molar-refractivity contribution in [3.8, 4) is 0 Å². The van der Waals surface area contributed by atoms with Crippen molar-refractivity contribution < 1.29 is 0 Å². The molecule has 4 heteroatoms. The molecule has 96 valence electrons. The minimum Gasteiger partial charge on any atom is -0.366 e. The molecule has 1 N–H and O–H groups in total. The first-order chi connectivity index (χ1) is 8.06. The minimum atomic E-state index is 0.432. The molecule has 0 radical (unpaired) electrons. The number of hydrogen-bond acceptors (Lipinski definition) is 3. The molecule has 4 nitrogen and oxygen atoms in total. The van der Waals surface area contributed by atoms with Crippen molar-refractivity contribution in [2.24, 2.45) is 0 Å². The molecule has 0 spiro atoms. The standard InChI is InChI=1S/C13H24N4/c1-10(2)17-8-6-13(15-17)14-12-5-7-16(4)11(3)9-12/h6,8,10-12H,5,7,9H2,1-4H3,(H,14,15). The summed E-state index contributed by atoms with van der Waals surface area (Å²) in [7, 11) is 2.20. The summed E-state index contributed by atoms with van der Waals surface area (Å²) in [6.07, 6.45) is 4.45. The van der Waals surface area contributed by atoms with Gasteiger partial charge in [-0.15, -0.1) is 0 Å². The van der Waals surface area contributed by atoms with Crippen LogP contribution in [0.2, 0.25) is 0 Å². The zero-order valence-electron chi connectivity index (χ0n) is 11.3. The molecule has 1 saturated heterocycles. The molecule has 1 aromatic heterocycles. The molecular formula is C13H24N4. The van der Waals surface area contributed by atoms with Gasteiger partial charge in [0.15, 0.2) is 0 Å². The molecule has 2 unspecified atom stereocenters. The van der Waals surface area contributed by atoms with Gasteiger partial charge in [0.25, 0.3) is 0 Å². The van der Waals surface area contributed by atoms with Crippen LogP contribution in [0.25, 0.3) is 0 Å². The van der Waals surface area contributed by atoms with Crippen molar-refractivity contribution in [2.75, 3.05) is 18.9 Å². The van der Waals surface area contributed by atoms with Crippen LogP contribution in [0.3, 0.4) is 0 Å². The Morgan fingerprint density at radius 3 is 2.82 bits per heavy atom. The Bertz CT molecular complexity index is 358. The maximum absolute atomic E-state index is 4.54. The van der Waals surface area contributed by atoms with Crippen LogP contribution in [0.15, 0.2) is 12.3 Å². The number of nitrogens with zero attached hydrogens (tertiary/aromatic N) is 3. The molecule has 1 aromatic rings. The van der Waals surface area contributed by atoms with E-state index in [2.05, 4.69) is 49.2 Å². The van der Waals surface area contributed by atoms with Crippen molar-refractivity contribution in [1.82, 2.24) is 14.7 Å². The smallest absolute Gasteiger partial charge is 0.148 e. The van der Waals surface area contributed by atoms with E-state index in [0.717, 1.165) is 5.82 Å². The van der Waals surface area contributed by atoms with Crippen LogP contribution in [0.4, 0.5) is 5.82 Å². The SMILES string of the molecule is CC1CC(Nc2ccn(C(C)C)n2)CCN1C. The zero-order chi connectivity index (χ0) is 12.4. The fraction of sp³-hybridized carbons (Fsp3) is 0.769. The number of anilines is 1. The number of hydrogen-bond donors (Lipinski definition) is 1. The van der Waals surface area contributed by atoms with Crippen molar-refractivity contribution >= 4 is 5.82 Å². The van der Waals surface area contributed by atoms with Crippen molar-refractivity contribution in [3.05, 3.63) is 12.3 Å².